The normalized spacial score (nSPS) is 21.6. The van der Waals surface area contributed by atoms with Crippen LogP contribution in [0, 0.1) is 11.3 Å². The lowest BCUT2D eigenvalue weighted by Gasteiger charge is -2.45. The van der Waals surface area contributed by atoms with E-state index in [9.17, 15) is 0 Å². The molecule has 2 fully saturated rings. The van der Waals surface area contributed by atoms with Gasteiger partial charge in [-0.1, -0.05) is 94.6 Å². The molecule has 0 heterocycles. The average molecular weight is 557 g/mol. The highest BCUT2D eigenvalue weighted by Crippen LogP contribution is 2.51. The summed E-state index contributed by atoms with van der Waals surface area (Å²) in [6.07, 6.45) is 11.6. The van der Waals surface area contributed by atoms with E-state index >= 15 is 0 Å². The molecule has 6 rings (SSSR count). The van der Waals surface area contributed by atoms with Crippen LogP contribution in [0.1, 0.15) is 101 Å². The van der Waals surface area contributed by atoms with Crippen molar-refractivity contribution in [3.05, 3.63) is 120 Å². The van der Waals surface area contributed by atoms with Gasteiger partial charge in [0.25, 0.3) is 0 Å². The van der Waals surface area contributed by atoms with Crippen molar-refractivity contribution >= 4 is 22.7 Å². The summed E-state index contributed by atoms with van der Waals surface area (Å²) in [5.41, 5.74) is 15.3. The van der Waals surface area contributed by atoms with E-state index in [0.717, 1.165) is 17.5 Å². The Kier molecular flexibility index (Phi) is 8.17. The summed E-state index contributed by atoms with van der Waals surface area (Å²) >= 11 is 0. The Morgan fingerprint density at radius 3 is 1.64 bits per heavy atom. The number of anilines is 4. The minimum Gasteiger partial charge on any atom is -0.399 e. The number of rotatable bonds is 6. The van der Waals surface area contributed by atoms with Crippen molar-refractivity contribution in [1.29, 1.82) is 0 Å². The van der Waals surface area contributed by atoms with Crippen LogP contribution in [0.15, 0.2) is 103 Å². The zero-order valence-electron chi connectivity index (χ0n) is 25.9. The molecule has 0 spiro atoms. The molecule has 4 aromatic carbocycles. The Labute approximate surface area is 254 Å². The molecule has 0 atom stereocenters. The van der Waals surface area contributed by atoms with Crippen molar-refractivity contribution in [1.82, 2.24) is 0 Å². The second-order valence-electron chi connectivity index (χ2n) is 14.0. The van der Waals surface area contributed by atoms with Gasteiger partial charge in [-0.15, -0.1) is 0 Å². The molecular weight excluding hydrogens is 508 g/mol. The predicted octanol–water partition coefficient (Wildman–Crippen LogP) is 11.3. The van der Waals surface area contributed by atoms with Gasteiger partial charge in [-0.25, -0.2) is 0 Å². The van der Waals surface area contributed by atoms with Crippen LogP contribution in [-0.2, 0) is 5.41 Å². The molecule has 0 amide bonds. The van der Waals surface area contributed by atoms with Gasteiger partial charge in [0.1, 0.15) is 0 Å². The molecule has 4 aromatic rings. The summed E-state index contributed by atoms with van der Waals surface area (Å²) in [4.78, 5) is 2.40. The minimum absolute atomic E-state index is 0.0210. The first-order valence-electron chi connectivity index (χ1n) is 16.3. The number of nitrogens with two attached hydrogens (primary N) is 1. The molecule has 0 bridgehead atoms. The number of hydrogen-bond donors (Lipinski definition) is 1. The molecular formula is C40H48N2. The molecule has 0 aliphatic heterocycles. The fourth-order valence-corrected chi connectivity index (χ4v) is 7.81. The summed E-state index contributed by atoms with van der Waals surface area (Å²) in [7, 11) is 0. The first-order valence-corrected chi connectivity index (χ1v) is 16.3. The molecule has 2 nitrogen and oxygen atoms in total. The van der Waals surface area contributed by atoms with Crippen molar-refractivity contribution in [3.63, 3.8) is 0 Å². The predicted molar refractivity (Wildman–Crippen MR) is 180 cm³/mol. The third kappa shape index (κ3) is 5.87. The van der Waals surface area contributed by atoms with Crippen LogP contribution >= 0.6 is 0 Å². The van der Waals surface area contributed by atoms with E-state index < -0.39 is 0 Å². The summed E-state index contributed by atoms with van der Waals surface area (Å²) in [5.74, 6) is 1.47. The molecule has 0 radical (unpaired) electrons. The van der Waals surface area contributed by atoms with Crippen molar-refractivity contribution in [2.24, 2.45) is 11.3 Å². The Morgan fingerprint density at radius 2 is 1.10 bits per heavy atom. The van der Waals surface area contributed by atoms with Crippen molar-refractivity contribution in [3.8, 4) is 0 Å². The second kappa shape index (κ2) is 12.0. The first-order chi connectivity index (χ1) is 20.3. The van der Waals surface area contributed by atoms with Crippen LogP contribution in [0.5, 0.6) is 0 Å². The van der Waals surface area contributed by atoms with E-state index in [4.69, 9.17) is 5.73 Å². The molecule has 42 heavy (non-hydrogen) atoms. The number of benzene rings is 4. The summed E-state index contributed by atoms with van der Waals surface area (Å²) < 4.78 is 0. The lowest BCUT2D eigenvalue weighted by atomic mass is 9.59. The molecule has 0 unspecified atom stereocenters. The molecule has 0 saturated heterocycles. The smallest absolute Gasteiger partial charge is 0.0461 e. The summed E-state index contributed by atoms with van der Waals surface area (Å²) in [6.45, 7) is 7.22. The Morgan fingerprint density at radius 1 is 0.595 bits per heavy atom. The maximum Gasteiger partial charge on any atom is 0.0461 e. The van der Waals surface area contributed by atoms with Crippen molar-refractivity contribution in [2.45, 2.75) is 89.9 Å². The fraction of sp³-hybridized carbons (Fsp3) is 0.400. The van der Waals surface area contributed by atoms with Crippen LogP contribution in [0.3, 0.4) is 0 Å². The summed E-state index contributed by atoms with van der Waals surface area (Å²) in [6, 6.07) is 38.4. The Hall–Kier alpha value is -3.52. The van der Waals surface area contributed by atoms with E-state index in [0.29, 0.717) is 5.41 Å². The Balaban J connectivity index is 1.34. The highest BCUT2D eigenvalue weighted by molar-refractivity contribution is 5.76. The van der Waals surface area contributed by atoms with Gasteiger partial charge in [0.2, 0.25) is 0 Å². The van der Waals surface area contributed by atoms with Gasteiger partial charge >= 0.3 is 0 Å². The van der Waals surface area contributed by atoms with Crippen LogP contribution in [0.25, 0.3) is 0 Å². The molecule has 218 valence electrons. The SMILES string of the molecule is CC(C)(C)C1CCC(c2ccc(N)cc2)(c2ccc(N(c3ccccc3)c3ccc(C4CCCCC4)cc3)cc2)CC1. The third-order valence-corrected chi connectivity index (χ3v) is 10.4. The van der Waals surface area contributed by atoms with Gasteiger partial charge in [0.15, 0.2) is 0 Å². The molecule has 2 saturated carbocycles. The average Bonchev–Trinajstić information content (AvgIpc) is 3.03. The van der Waals surface area contributed by atoms with E-state index in [-0.39, 0.29) is 5.41 Å². The lowest BCUT2D eigenvalue weighted by Crippen LogP contribution is -2.36. The van der Waals surface area contributed by atoms with Crippen LogP contribution in [-0.4, -0.2) is 0 Å². The van der Waals surface area contributed by atoms with Crippen molar-refractivity contribution in [2.75, 3.05) is 10.6 Å². The number of para-hydroxylation sites is 1. The highest BCUT2D eigenvalue weighted by Gasteiger charge is 2.41. The second-order valence-corrected chi connectivity index (χ2v) is 14.0. The Bertz CT molecular complexity index is 1420. The van der Waals surface area contributed by atoms with E-state index in [1.165, 1.54) is 91.5 Å². The molecule has 0 aromatic heterocycles. The largest absolute Gasteiger partial charge is 0.399 e. The maximum atomic E-state index is 6.13. The fourth-order valence-electron chi connectivity index (χ4n) is 7.81. The van der Waals surface area contributed by atoms with Gasteiger partial charge in [-0.3, -0.25) is 0 Å². The standard InChI is InChI=1S/C40H48N2/c1-39(2,3)32-26-28-40(29-27-32,33-16-20-35(41)21-17-33)34-18-24-38(25-19-34)42(36-12-8-5-9-13-36)37-22-14-31(15-23-37)30-10-6-4-7-11-30/h5,8-9,12-25,30,32H,4,6-7,10-11,26-29,41H2,1-3H3. The van der Waals surface area contributed by atoms with Gasteiger partial charge in [-0.2, -0.15) is 0 Å². The van der Waals surface area contributed by atoms with Crippen molar-refractivity contribution < 1.29 is 0 Å². The molecule has 2 aliphatic carbocycles. The zero-order valence-corrected chi connectivity index (χ0v) is 25.9. The van der Waals surface area contributed by atoms with Crippen LogP contribution in [0.4, 0.5) is 22.7 Å². The summed E-state index contributed by atoms with van der Waals surface area (Å²) in [5, 5.41) is 0. The monoisotopic (exact) mass is 556 g/mol. The highest BCUT2D eigenvalue weighted by atomic mass is 15.1. The van der Waals surface area contributed by atoms with Crippen LogP contribution < -0.4 is 10.6 Å². The van der Waals surface area contributed by atoms with E-state index in [1.54, 1.807) is 0 Å². The quantitative estimate of drug-likeness (QED) is 0.239. The number of nitrogen functional groups attached to an aromatic ring is 1. The van der Waals surface area contributed by atoms with Gasteiger partial charge < -0.3 is 10.6 Å². The van der Waals surface area contributed by atoms with Crippen LogP contribution in [0.2, 0.25) is 0 Å². The van der Waals surface area contributed by atoms with Gasteiger partial charge in [-0.05, 0) is 121 Å². The molecule has 2 heteroatoms. The first kappa shape index (κ1) is 28.6. The van der Waals surface area contributed by atoms with Gasteiger partial charge in [0, 0.05) is 28.2 Å². The minimum atomic E-state index is 0.0210. The van der Waals surface area contributed by atoms with E-state index in [2.05, 4.69) is 129 Å². The molecule has 2 aliphatic rings. The number of hydrogen-bond acceptors (Lipinski definition) is 2. The van der Waals surface area contributed by atoms with Gasteiger partial charge in [0.05, 0.1) is 0 Å². The topological polar surface area (TPSA) is 29.3 Å². The zero-order chi connectivity index (χ0) is 29.2. The number of nitrogens with zero attached hydrogens (tertiary/aromatic N) is 1. The third-order valence-electron chi connectivity index (χ3n) is 10.4. The van der Waals surface area contributed by atoms with E-state index in [1.807, 2.05) is 0 Å². The lowest BCUT2D eigenvalue weighted by molar-refractivity contribution is 0.146. The maximum absolute atomic E-state index is 6.13. The molecule has 2 N–H and O–H groups in total.